The summed E-state index contributed by atoms with van der Waals surface area (Å²) in [5.74, 6) is -0.836. The minimum absolute atomic E-state index is 0.0561. The van der Waals surface area contributed by atoms with Crippen LogP contribution in [0.3, 0.4) is 0 Å². The van der Waals surface area contributed by atoms with Gasteiger partial charge in [-0.25, -0.2) is 14.2 Å². The van der Waals surface area contributed by atoms with Crippen molar-refractivity contribution in [3.8, 4) is 0 Å². The normalized spacial score (nSPS) is 23.6. The number of fused-ring (bicyclic) bond motifs is 2. The number of amidine groups is 1. The number of nitrogens with zero attached hydrogens (tertiary/aromatic N) is 4. The Bertz CT molecular complexity index is 1350. The molecule has 0 radical (unpaired) electrons. The molecule has 3 atom stereocenters. The van der Waals surface area contributed by atoms with Gasteiger partial charge < -0.3 is 19.5 Å². The van der Waals surface area contributed by atoms with Gasteiger partial charge in [0.05, 0.1) is 32.5 Å². The van der Waals surface area contributed by atoms with Crippen molar-refractivity contribution in [1.29, 1.82) is 0 Å². The average Bonchev–Trinajstić information content (AvgIpc) is 3.47. The minimum atomic E-state index is -0.842. The monoisotopic (exact) mass is 605 g/mol. The van der Waals surface area contributed by atoms with E-state index in [1.807, 2.05) is 19.2 Å². The summed E-state index contributed by atoms with van der Waals surface area (Å²) in [5, 5.41) is 5.98. The van der Waals surface area contributed by atoms with Crippen LogP contribution in [0.25, 0.3) is 0 Å². The number of methoxy groups -OCH3 is 1. The molecule has 0 spiro atoms. The first-order valence-electron chi connectivity index (χ1n) is 13.4. The van der Waals surface area contributed by atoms with Crippen LogP contribution in [0.15, 0.2) is 46.0 Å². The molecule has 0 saturated carbocycles. The number of hydrogen-bond acceptors (Lipinski definition) is 11. The zero-order valence-corrected chi connectivity index (χ0v) is 24.9. The topological polar surface area (TPSA) is 106 Å². The zero-order valence-electron chi connectivity index (χ0n) is 23.4. The van der Waals surface area contributed by atoms with Crippen molar-refractivity contribution in [2.75, 3.05) is 46.6 Å². The van der Waals surface area contributed by atoms with Gasteiger partial charge in [-0.2, -0.15) is 0 Å². The van der Waals surface area contributed by atoms with Gasteiger partial charge in [0.15, 0.2) is 10.8 Å². The number of rotatable bonds is 8. The number of nitrogens with one attached hydrogen (secondary N) is 1. The van der Waals surface area contributed by atoms with Crippen LogP contribution < -0.4 is 5.32 Å². The quantitative estimate of drug-likeness (QED) is 0.454. The molecule has 3 aliphatic heterocycles. The Morgan fingerprint density at radius 2 is 2.00 bits per heavy atom. The van der Waals surface area contributed by atoms with Crippen LogP contribution in [0.4, 0.5) is 4.39 Å². The largest absolute Gasteiger partial charge is 0.466 e. The van der Waals surface area contributed by atoms with Gasteiger partial charge >= 0.3 is 11.9 Å². The molecule has 4 heterocycles. The maximum atomic E-state index is 14.0. The fraction of sp³-hybridized carbons (Fsp3) is 0.500. The van der Waals surface area contributed by atoms with E-state index < -0.39 is 23.4 Å². The Balaban J connectivity index is 1.52. The predicted molar refractivity (Wildman–Crippen MR) is 152 cm³/mol. The number of esters is 2. The Morgan fingerprint density at radius 1 is 1.27 bits per heavy atom. The van der Waals surface area contributed by atoms with Crippen molar-refractivity contribution in [2.45, 2.75) is 44.4 Å². The van der Waals surface area contributed by atoms with Gasteiger partial charge in [0.2, 0.25) is 0 Å². The van der Waals surface area contributed by atoms with E-state index >= 15 is 0 Å². The maximum Gasteiger partial charge on any atom is 0.338 e. The lowest BCUT2D eigenvalue weighted by atomic mass is 9.93. The number of carbonyl (C=O) groups excluding carboxylic acids is 2. The van der Waals surface area contributed by atoms with Gasteiger partial charge in [0, 0.05) is 59.6 Å². The average molecular weight is 606 g/mol. The highest BCUT2D eigenvalue weighted by molar-refractivity contribution is 7.11. The number of benzene rings is 1. The third-order valence-electron chi connectivity index (χ3n) is 7.75. The van der Waals surface area contributed by atoms with E-state index in [0.29, 0.717) is 61.6 Å². The molecule has 3 aliphatic rings. The number of halogens is 2. The summed E-state index contributed by atoms with van der Waals surface area (Å²) < 4.78 is 30.5. The molecule has 1 aromatic heterocycles. The second-order valence-corrected chi connectivity index (χ2v) is 11.9. The molecule has 220 valence electrons. The summed E-state index contributed by atoms with van der Waals surface area (Å²) in [6.45, 7) is 8.31. The number of piperazine rings is 1. The third-order valence-corrected chi connectivity index (χ3v) is 8.86. The molecular weight excluding hydrogens is 573 g/mol. The highest BCUT2D eigenvalue weighted by Crippen LogP contribution is 2.38. The van der Waals surface area contributed by atoms with Gasteiger partial charge in [-0.1, -0.05) is 17.7 Å². The molecule has 13 heteroatoms. The summed E-state index contributed by atoms with van der Waals surface area (Å²) >= 11 is 7.89. The van der Waals surface area contributed by atoms with Crippen molar-refractivity contribution in [3.05, 3.63) is 62.5 Å². The van der Waals surface area contributed by atoms with Crippen molar-refractivity contribution in [2.24, 2.45) is 4.99 Å². The molecule has 1 aromatic carbocycles. The summed E-state index contributed by atoms with van der Waals surface area (Å²) in [6.07, 6.45) is 1.68. The number of morpholine rings is 1. The van der Waals surface area contributed by atoms with E-state index in [2.05, 4.69) is 20.1 Å². The summed E-state index contributed by atoms with van der Waals surface area (Å²) in [4.78, 5) is 39.8. The van der Waals surface area contributed by atoms with E-state index in [0.717, 1.165) is 0 Å². The lowest BCUT2D eigenvalue weighted by Crippen LogP contribution is -2.69. The third kappa shape index (κ3) is 5.89. The summed E-state index contributed by atoms with van der Waals surface area (Å²) in [7, 11) is 1.31. The Kier molecular flexibility index (Phi) is 8.76. The first-order valence-corrected chi connectivity index (χ1v) is 14.7. The molecule has 0 aliphatic carbocycles. The molecular formula is C28H33ClFN5O5S. The van der Waals surface area contributed by atoms with Gasteiger partial charge in [-0.3, -0.25) is 19.6 Å². The fourth-order valence-corrected chi connectivity index (χ4v) is 6.39. The van der Waals surface area contributed by atoms with Crippen LogP contribution in [0, 0.1) is 5.82 Å². The Labute approximate surface area is 247 Å². The van der Waals surface area contributed by atoms with Gasteiger partial charge in [0.1, 0.15) is 17.4 Å². The van der Waals surface area contributed by atoms with Crippen LogP contribution in [0.1, 0.15) is 37.4 Å². The van der Waals surface area contributed by atoms with Crippen LogP contribution in [0.2, 0.25) is 5.02 Å². The molecule has 2 unspecified atom stereocenters. The van der Waals surface area contributed by atoms with Gasteiger partial charge in [-0.05, 0) is 32.9 Å². The van der Waals surface area contributed by atoms with E-state index in [1.54, 1.807) is 13.1 Å². The number of carbonyl (C=O) groups is 2. The second-order valence-electron chi connectivity index (χ2n) is 10.6. The first kappa shape index (κ1) is 29.6. The predicted octanol–water partition coefficient (Wildman–Crippen LogP) is 3.18. The Morgan fingerprint density at radius 3 is 2.61 bits per heavy atom. The molecule has 2 aromatic rings. The van der Waals surface area contributed by atoms with Crippen molar-refractivity contribution >= 4 is 40.7 Å². The van der Waals surface area contributed by atoms with Crippen molar-refractivity contribution in [3.63, 3.8) is 0 Å². The van der Waals surface area contributed by atoms with Crippen LogP contribution in [0.5, 0.6) is 0 Å². The van der Waals surface area contributed by atoms with Crippen LogP contribution in [-0.2, 0) is 23.8 Å². The highest BCUT2D eigenvalue weighted by atomic mass is 35.5. The SMILES string of the molecule is CCOC(=O)C(C)(C)N1CC2COC[C@@H](C1)N2CC1=C(C(=O)OC)C(c2ccc(F)cc2Cl)N=C(c2nccs2)N1. The zero-order chi connectivity index (χ0) is 29.3. The molecule has 1 N–H and O–H groups in total. The number of aromatic nitrogens is 1. The van der Waals surface area contributed by atoms with Crippen molar-refractivity contribution < 1.29 is 28.2 Å². The van der Waals surface area contributed by atoms with Gasteiger partial charge in [0.25, 0.3) is 0 Å². The van der Waals surface area contributed by atoms with E-state index in [-0.39, 0.29) is 28.6 Å². The number of ether oxygens (including phenoxy) is 3. The first-order chi connectivity index (χ1) is 19.6. The fourth-order valence-electron chi connectivity index (χ4n) is 5.53. The highest BCUT2D eigenvalue weighted by Gasteiger charge is 2.47. The van der Waals surface area contributed by atoms with Gasteiger partial charge in [-0.15, -0.1) is 11.3 Å². The second kappa shape index (κ2) is 12.1. The summed E-state index contributed by atoms with van der Waals surface area (Å²) in [6, 6.07) is 3.08. The maximum absolute atomic E-state index is 14.0. The smallest absolute Gasteiger partial charge is 0.338 e. The molecule has 2 bridgehead atoms. The molecule has 0 amide bonds. The molecule has 2 fully saturated rings. The molecule has 5 rings (SSSR count). The number of hydrogen-bond donors (Lipinski definition) is 1. The minimum Gasteiger partial charge on any atom is -0.466 e. The number of aliphatic imine (C=N–C) groups is 1. The van der Waals surface area contributed by atoms with E-state index in [4.69, 9.17) is 30.8 Å². The lowest BCUT2D eigenvalue weighted by molar-refractivity contribution is -0.164. The van der Waals surface area contributed by atoms with Crippen LogP contribution in [-0.4, -0.2) is 96.7 Å². The lowest BCUT2D eigenvalue weighted by Gasteiger charge is -2.53. The Hall–Kier alpha value is -2.90. The molecule has 10 nitrogen and oxygen atoms in total. The molecule has 2 saturated heterocycles. The van der Waals surface area contributed by atoms with E-state index in [9.17, 15) is 14.0 Å². The molecule has 41 heavy (non-hydrogen) atoms. The summed E-state index contributed by atoms with van der Waals surface area (Å²) in [5.41, 5.74) is 0.558. The number of thiazole rings is 1. The standard InChI is InChI=1S/C28H33ClFN5O5S/c1-5-40-27(37)28(2,3)34-11-17-14-39-15-18(12-34)35(17)13-21-22(26(36)38-4)23(19-7-6-16(30)10-20(19)29)33-24(32-21)25-31-8-9-41-25/h6-10,17-18,23H,5,11-15H2,1-4H3,(H,32,33)/t17-,18?,23?/m1/s1. The van der Waals surface area contributed by atoms with Crippen molar-refractivity contribution in [1.82, 2.24) is 20.1 Å². The van der Waals surface area contributed by atoms with Crippen LogP contribution >= 0.6 is 22.9 Å². The van der Waals surface area contributed by atoms with E-state index in [1.165, 1.54) is 36.6 Å².